The van der Waals surface area contributed by atoms with E-state index in [2.05, 4.69) is 5.32 Å². The third kappa shape index (κ3) is 4.02. The minimum atomic E-state index is -0.331. The average molecular weight is 271 g/mol. The van der Waals surface area contributed by atoms with Gasteiger partial charge in [-0.2, -0.15) is 0 Å². The van der Waals surface area contributed by atoms with Gasteiger partial charge in [0.15, 0.2) is 0 Å². The van der Waals surface area contributed by atoms with Crippen molar-refractivity contribution in [3.8, 4) is 5.75 Å². The van der Waals surface area contributed by atoms with Gasteiger partial charge in [-0.1, -0.05) is 18.2 Å². The summed E-state index contributed by atoms with van der Waals surface area (Å²) in [5.74, 6) is 0.384. The Bertz CT molecular complexity index is 537. The van der Waals surface area contributed by atoms with E-state index in [4.69, 9.17) is 9.47 Å². The third-order valence-electron chi connectivity index (χ3n) is 2.76. The van der Waals surface area contributed by atoms with E-state index >= 15 is 0 Å². The normalized spacial score (nSPS) is 9.85. The van der Waals surface area contributed by atoms with Gasteiger partial charge in [0.25, 0.3) is 0 Å². The lowest BCUT2D eigenvalue weighted by Crippen LogP contribution is -2.13. The molecule has 0 amide bonds. The minimum Gasteiger partial charge on any atom is -0.497 e. The molecule has 104 valence electrons. The molecule has 1 N–H and O–H groups in total. The number of ether oxygens (including phenoxy) is 2. The van der Waals surface area contributed by atoms with Crippen LogP contribution in [0.15, 0.2) is 54.6 Å². The van der Waals surface area contributed by atoms with Gasteiger partial charge in [0, 0.05) is 12.2 Å². The molecule has 2 aromatic carbocycles. The Balaban J connectivity index is 1.74. The summed E-state index contributed by atoms with van der Waals surface area (Å²) in [6, 6.07) is 16.6. The van der Waals surface area contributed by atoms with E-state index in [1.807, 2.05) is 30.3 Å². The third-order valence-corrected chi connectivity index (χ3v) is 2.76. The number of hydrogen-bond acceptors (Lipinski definition) is 4. The Morgan fingerprint density at radius 1 is 1.05 bits per heavy atom. The molecule has 2 rings (SSSR count). The van der Waals surface area contributed by atoms with Gasteiger partial charge >= 0.3 is 5.97 Å². The van der Waals surface area contributed by atoms with E-state index in [1.165, 1.54) is 0 Å². The summed E-state index contributed by atoms with van der Waals surface area (Å²) < 4.78 is 10.2. The molecule has 0 bridgehead atoms. The zero-order valence-electron chi connectivity index (χ0n) is 11.3. The second-order valence-corrected chi connectivity index (χ2v) is 4.16. The monoisotopic (exact) mass is 271 g/mol. The maximum atomic E-state index is 11.8. The number of carbonyl (C=O) groups excluding carboxylic acids is 1. The Kier molecular flexibility index (Phi) is 5.00. The molecule has 4 heteroatoms. The van der Waals surface area contributed by atoms with Gasteiger partial charge in [-0.05, 0) is 36.4 Å². The molecule has 0 aliphatic rings. The molecular formula is C16H17NO3. The molecule has 0 fully saturated rings. The summed E-state index contributed by atoms with van der Waals surface area (Å²) >= 11 is 0. The second-order valence-electron chi connectivity index (χ2n) is 4.16. The summed E-state index contributed by atoms with van der Waals surface area (Å²) in [7, 11) is 1.59. The Morgan fingerprint density at radius 3 is 2.40 bits per heavy atom. The zero-order chi connectivity index (χ0) is 14.2. The highest BCUT2D eigenvalue weighted by molar-refractivity contribution is 5.89. The van der Waals surface area contributed by atoms with Crippen LogP contribution in [0.2, 0.25) is 0 Å². The first kappa shape index (κ1) is 13.9. The van der Waals surface area contributed by atoms with Gasteiger partial charge in [0.1, 0.15) is 12.4 Å². The van der Waals surface area contributed by atoms with E-state index in [-0.39, 0.29) is 5.97 Å². The van der Waals surface area contributed by atoms with Gasteiger partial charge in [0.2, 0.25) is 0 Å². The van der Waals surface area contributed by atoms with Crippen molar-refractivity contribution in [2.45, 2.75) is 0 Å². The van der Waals surface area contributed by atoms with Crippen LogP contribution < -0.4 is 10.1 Å². The van der Waals surface area contributed by atoms with Crippen molar-refractivity contribution in [1.82, 2.24) is 0 Å². The smallest absolute Gasteiger partial charge is 0.338 e. The van der Waals surface area contributed by atoms with Crippen LogP contribution in [0.1, 0.15) is 10.4 Å². The first-order valence-corrected chi connectivity index (χ1v) is 6.39. The lowest BCUT2D eigenvalue weighted by Gasteiger charge is -2.08. The zero-order valence-corrected chi connectivity index (χ0v) is 11.3. The standard InChI is InChI=1S/C16H17NO3/c1-19-15-9-7-13(8-10-15)16(18)20-12-11-17-14-5-3-2-4-6-14/h2-10,17H,11-12H2,1H3. The SMILES string of the molecule is COc1ccc(C(=O)OCCNc2ccccc2)cc1. The number of anilines is 1. The van der Waals surface area contributed by atoms with E-state index < -0.39 is 0 Å². The van der Waals surface area contributed by atoms with Crippen molar-refractivity contribution in [3.63, 3.8) is 0 Å². The van der Waals surface area contributed by atoms with Crippen LogP contribution in [0.25, 0.3) is 0 Å². The highest BCUT2D eigenvalue weighted by Crippen LogP contribution is 2.12. The maximum absolute atomic E-state index is 11.8. The molecule has 2 aromatic rings. The van der Waals surface area contributed by atoms with Crippen LogP contribution in [0, 0.1) is 0 Å². The van der Waals surface area contributed by atoms with Crippen molar-refractivity contribution in [2.24, 2.45) is 0 Å². The number of esters is 1. The molecule has 0 spiro atoms. The van der Waals surface area contributed by atoms with Gasteiger partial charge in [-0.25, -0.2) is 4.79 Å². The van der Waals surface area contributed by atoms with Crippen LogP contribution in [0.3, 0.4) is 0 Å². The molecule has 0 heterocycles. The molecule has 0 atom stereocenters. The summed E-state index contributed by atoms with van der Waals surface area (Å²) in [6.07, 6.45) is 0. The number of carbonyl (C=O) groups is 1. The van der Waals surface area contributed by atoms with Crippen molar-refractivity contribution in [1.29, 1.82) is 0 Å². The quantitative estimate of drug-likeness (QED) is 0.648. The van der Waals surface area contributed by atoms with E-state index in [1.54, 1.807) is 31.4 Å². The Morgan fingerprint density at radius 2 is 1.75 bits per heavy atom. The Labute approximate surface area is 118 Å². The first-order valence-electron chi connectivity index (χ1n) is 6.39. The van der Waals surface area contributed by atoms with Gasteiger partial charge < -0.3 is 14.8 Å². The number of nitrogens with one attached hydrogen (secondary N) is 1. The molecule has 4 nitrogen and oxygen atoms in total. The van der Waals surface area contributed by atoms with Gasteiger partial charge in [0.05, 0.1) is 12.7 Å². The number of benzene rings is 2. The van der Waals surface area contributed by atoms with Crippen molar-refractivity contribution >= 4 is 11.7 Å². The molecular weight excluding hydrogens is 254 g/mol. The van der Waals surface area contributed by atoms with E-state index in [0.29, 0.717) is 24.5 Å². The highest BCUT2D eigenvalue weighted by atomic mass is 16.5. The van der Waals surface area contributed by atoms with Crippen LogP contribution in [-0.2, 0) is 4.74 Å². The second kappa shape index (κ2) is 7.19. The van der Waals surface area contributed by atoms with Crippen LogP contribution in [-0.4, -0.2) is 26.2 Å². The molecule has 0 unspecified atom stereocenters. The number of para-hydroxylation sites is 1. The fourth-order valence-electron chi connectivity index (χ4n) is 1.71. The Hall–Kier alpha value is -2.49. The topological polar surface area (TPSA) is 47.6 Å². The average Bonchev–Trinajstić information content (AvgIpc) is 2.52. The predicted octanol–water partition coefficient (Wildman–Crippen LogP) is 2.96. The lowest BCUT2D eigenvalue weighted by atomic mass is 10.2. The molecule has 0 aliphatic heterocycles. The van der Waals surface area contributed by atoms with Crippen molar-refractivity contribution in [3.05, 3.63) is 60.2 Å². The first-order chi connectivity index (χ1) is 9.79. The molecule has 20 heavy (non-hydrogen) atoms. The summed E-state index contributed by atoms with van der Waals surface area (Å²) in [4.78, 5) is 11.8. The fourth-order valence-corrected chi connectivity index (χ4v) is 1.71. The number of methoxy groups -OCH3 is 1. The number of hydrogen-bond donors (Lipinski definition) is 1. The largest absolute Gasteiger partial charge is 0.497 e. The maximum Gasteiger partial charge on any atom is 0.338 e. The van der Waals surface area contributed by atoms with Crippen molar-refractivity contribution < 1.29 is 14.3 Å². The molecule has 0 radical (unpaired) electrons. The van der Waals surface area contributed by atoms with Crippen molar-refractivity contribution in [2.75, 3.05) is 25.6 Å². The van der Waals surface area contributed by atoms with E-state index in [9.17, 15) is 4.79 Å². The lowest BCUT2D eigenvalue weighted by molar-refractivity contribution is 0.0520. The van der Waals surface area contributed by atoms with Crippen LogP contribution in [0.5, 0.6) is 5.75 Å². The molecule has 0 saturated carbocycles. The molecule has 0 aromatic heterocycles. The fraction of sp³-hybridized carbons (Fsp3) is 0.188. The van der Waals surface area contributed by atoms with Crippen LogP contribution >= 0.6 is 0 Å². The predicted molar refractivity (Wildman–Crippen MR) is 78.2 cm³/mol. The minimum absolute atomic E-state index is 0.319. The highest BCUT2D eigenvalue weighted by Gasteiger charge is 2.06. The van der Waals surface area contributed by atoms with Gasteiger partial charge in [-0.15, -0.1) is 0 Å². The van der Waals surface area contributed by atoms with Gasteiger partial charge in [-0.3, -0.25) is 0 Å². The summed E-state index contributed by atoms with van der Waals surface area (Å²) in [6.45, 7) is 0.895. The summed E-state index contributed by atoms with van der Waals surface area (Å²) in [5.41, 5.74) is 1.53. The molecule has 0 saturated heterocycles. The summed E-state index contributed by atoms with van der Waals surface area (Å²) in [5, 5.41) is 3.17. The van der Waals surface area contributed by atoms with E-state index in [0.717, 1.165) is 5.69 Å². The molecule has 0 aliphatic carbocycles. The number of rotatable bonds is 6. The van der Waals surface area contributed by atoms with Crippen LogP contribution in [0.4, 0.5) is 5.69 Å².